The Bertz CT molecular complexity index is 1640. The summed E-state index contributed by atoms with van der Waals surface area (Å²) in [5, 5.41) is 0. The van der Waals surface area contributed by atoms with Crippen LogP contribution in [0.2, 0.25) is 0 Å². The molecule has 0 aliphatic carbocycles. The highest BCUT2D eigenvalue weighted by molar-refractivity contribution is 5.94. The van der Waals surface area contributed by atoms with Crippen LogP contribution in [0.1, 0.15) is 39.9 Å². The van der Waals surface area contributed by atoms with Crippen LogP contribution < -0.4 is 14.2 Å². The number of fused-ring (bicyclic) bond motifs is 1. The van der Waals surface area contributed by atoms with Crippen molar-refractivity contribution in [3.63, 3.8) is 0 Å². The molecule has 0 unspecified atom stereocenters. The van der Waals surface area contributed by atoms with E-state index in [1.165, 1.54) is 7.11 Å². The molecule has 4 aromatic rings. The van der Waals surface area contributed by atoms with Crippen LogP contribution in [-0.2, 0) is 6.54 Å². The molecular formula is C36H39F3N6O4. The van der Waals surface area contributed by atoms with Crippen LogP contribution in [0.25, 0.3) is 0 Å². The van der Waals surface area contributed by atoms with Crippen molar-refractivity contribution in [3.8, 4) is 17.8 Å². The highest BCUT2D eigenvalue weighted by Crippen LogP contribution is 2.38. The van der Waals surface area contributed by atoms with Crippen LogP contribution >= 0.6 is 0 Å². The molecule has 2 aromatic carbocycles. The van der Waals surface area contributed by atoms with Gasteiger partial charge in [0.15, 0.2) is 6.61 Å². The molecule has 2 aromatic heterocycles. The van der Waals surface area contributed by atoms with Crippen molar-refractivity contribution in [1.82, 2.24) is 29.7 Å². The number of benzene rings is 2. The number of nitrogens with zero attached hydrogens (tertiary/aromatic N) is 6. The normalized spacial score (nSPS) is 18.6. The number of ether oxygens (including phenoxy) is 3. The van der Waals surface area contributed by atoms with Gasteiger partial charge in [0.2, 0.25) is 11.8 Å². The summed E-state index contributed by atoms with van der Waals surface area (Å²) in [5.41, 5.74) is 3.10. The second-order valence-electron chi connectivity index (χ2n) is 12.1. The monoisotopic (exact) mass is 676 g/mol. The minimum atomic E-state index is -4.58. The maximum atomic E-state index is 13.6. The molecule has 2 saturated heterocycles. The quantitative estimate of drug-likeness (QED) is 0.216. The topological polar surface area (TPSA) is 93.2 Å². The zero-order valence-electron chi connectivity index (χ0n) is 27.4. The van der Waals surface area contributed by atoms with E-state index in [0.717, 1.165) is 11.1 Å². The molecule has 13 heteroatoms. The molecular weight excluding hydrogens is 637 g/mol. The van der Waals surface area contributed by atoms with Crippen LogP contribution in [0.5, 0.6) is 17.8 Å². The smallest absolute Gasteiger partial charge is 0.422 e. The molecule has 49 heavy (non-hydrogen) atoms. The van der Waals surface area contributed by atoms with Crippen molar-refractivity contribution in [3.05, 3.63) is 107 Å². The zero-order chi connectivity index (χ0) is 34.4. The van der Waals surface area contributed by atoms with Crippen molar-refractivity contribution < 1.29 is 32.2 Å². The van der Waals surface area contributed by atoms with Gasteiger partial charge >= 0.3 is 12.2 Å². The van der Waals surface area contributed by atoms with E-state index in [1.54, 1.807) is 31.5 Å². The molecule has 0 bridgehead atoms. The second-order valence-corrected chi connectivity index (χ2v) is 12.1. The van der Waals surface area contributed by atoms with Gasteiger partial charge in [0.1, 0.15) is 0 Å². The number of amides is 1. The molecule has 0 radical (unpaired) electrons. The fraction of sp³-hybridized carbons (Fsp3) is 0.389. The third kappa shape index (κ3) is 8.11. The van der Waals surface area contributed by atoms with E-state index in [-0.39, 0.29) is 60.4 Å². The van der Waals surface area contributed by atoms with Gasteiger partial charge in [-0.1, -0.05) is 60.7 Å². The van der Waals surface area contributed by atoms with Gasteiger partial charge in [0, 0.05) is 69.7 Å². The first-order chi connectivity index (χ1) is 23.7. The summed E-state index contributed by atoms with van der Waals surface area (Å²) >= 11 is 0. The Kier molecular flexibility index (Phi) is 10.6. The number of methoxy groups -OCH3 is 1. The van der Waals surface area contributed by atoms with E-state index in [0.29, 0.717) is 38.3 Å². The van der Waals surface area contributed by atoms with E-state index in [2.05, 4.69) is 49.0 Å². The first-order valence-corrected chi connectivity index (χ1v) is 16.3. The lowest BCUT2D eigenvalue weighted by atomic mass is 9.81. The fourth-order valence-electron chi connectivity index (χ4n) is 6.87. The van der Waals surface area contributed by atoms with E-state index < -0.39 is 12.8 Å². The Morgan fingerprint density at radius 1 is 0.898 bits per heavy atom. The SMILES string of the molecule is CCOc1nc(OC)c(CN2C[C@@H]3CN(C(=O)c4cccnc4)CCN3[C@H](C(c3ccccc3)c3ccccc3)C2)c(OCC(F)(F)F)n1. The average Bonchev–Trinajstić information content (AvgIpc) is 3.12. The number of carbonyl (C=O) groups excluding carboxylic acids is 1. The fourth-order valence-corrected chi connectivity index (χ4v) is 6.87. The van der Waals surface area contributed by atoms with Gasteiger partial charge in [-0.2, -0.15) is 23.1 Å². The Hall–Kier alpha value is -4.75. The number of pyridine rings is 1. The number of alkyl halides is 3. The molecule has 2 aliphatic rings. The minimum absolute atomic E-state index is 0.0345. The largest absolute Gasteiger partial charge is 0.481 e. The van der Waals surface area contributed by atoms with Gasteiger partial charge < -0.3 is 19.1 Å². The van der Waals surface area contributed by atoms with Gasteiger partial charge in [-0.3, -0.25) is 19.6 Å². The summed E-state index contributed by atoms with van der Waals surface area (Å²) in [6.07, 6.45) is -1.37. The molecule has 2 aliphatic heterocycles. The number of hydrogen-bond donors (Lipinski definition) is 0. The van der Waals surface area contributed by atoms with E-state index in [9.17, 15) is 18.0 Å². The molecule has 0 saturated carbocycles. The predicted octanol–water partition coefficient (Wildman–Crippen LogP) is 5.06. The van der Waals surface area contributed by atoms with Gasteiger partial charge in [-0.05, 0) is 30.2 Å². The van der Waals surface area contributed by atoms with Gasteiger partial charge in [0.05, 0.1) is 24.8 Å². The number of carbonyl (C=O) groups is 1. The first kappa shape index (κ1) is 34.1. The lowest BCUT2D eigenvalue weighted by molar-refractivity contribution is -0.154. The van der Waals surface area contributed by atoms with Gasteiger partial charge in [-0.25, -0.2) is 0 Å². The number of piperazine rings is 2. The van der Waals surface area contributed by atoms with Crippen molar-refractivity contribution >= 4 is 5.91 Å². The Labute approximate surface area is 283 Å². The Balaban J connectivity index is 1.38. The predicted molar refractivity (Wildman–Crippen MR) is 176 cm³/mol. The molecule has 2 atom stereocenters. The maximum Gasteiger partial charge on any atom is 0.422 e. The van der Waals surface area contributed by atoms with Crippen molar-refractivity contribution in [2.24, 2.45) is 0 Å². The molecule has 258 valence electrons. The Morgan fingerprint density at radius 3 is 2.20 bits per heavy atom. The highest BCUT2D eigenvalue weighted by Gasteiger charge is 2.43. The summed E-state index contributed by atoms with van der Waals surface area (Å²) < 4.78 is 56.3. The van der Waals surface area contributed by atoms with Crippen LogP contribution in [0, 0.1) is 0 Å². The number of aromatic nitrogens is 3. The summed E-state index contributed by atoms with van der Waals surface area (Å²) in [6.45, 7) is 3.31. The number of rotatable bonds is 11. The van der Waals surface area contributed by atoms with E-state index in [4.69, 9.17) is 14.2 Å². The summed E-state index contributed by atoms with van der Waals surface area (Å²) in [5.74, 6) is -0.290. The molecule has 6 rings (SSSR count). The molecule has 2 fully saturated rings. The Morgan fingerprint density at radius 2 is 1.59 bits per heavy atom. The zero-order valence-corrected chi connectivity index (χ0v) is 27.4. The third-order valence-corrected chi connectivity index (χ3v) is 8.90. The molecule has 0 N–H and O–H groups in total. The van der Waals surface area contributed by atoms with Crippen molar-refractivity contribution in [2.45, 2.75) is 37.6 Å². The van der Waals surface area contributed by atoms with Gasteiger partial charge in [0.25, 0.3) is 5.91 Å². The minimum Gasteiger partial charge on any atom is -0.481 e. The van der Waals surface area contributed by atoms with Crippen LogP contribution in [-0.4, -0.2) is 107 Å². The van der Waals surface area contributed by atoms with Crippen LogP contribution in [0.3, 0.4) is 0 Å². The number of hydrogen-bond acceptors (Lipinski definition) is 9. The summed E-state index contributed by atoms with van der Waals surface area (Å²) in [7, 11) is 1.40. The maximum absolute atomic E-state index is 13.6. The summed E-state index contributed by atoms with van der Waals surface area (Å²) in [6, 6.07) is 23.8. The first-order valence-electron chi connectivity index (χ1n) is 16.3. The van der Waals surface area contributed by atoms with Gasteiger partial charge in [-0.15, -0.1) is 0 Å². The molecule has 10 nitrogen and oxygen atoms in total. The van der Waals surface area contributed by atoms with Crippen LogP contribution in [0.15, 0.2) is 85.2 Å². The highest BCUT2D eigenvalue weighted by atomic mass is 19.4. The lowest BCUT2D eigenvalue weighted by Gasteiger charge is -2.53. The molecule has 0 spiro atoms. The lowest BCUT2D eigenvalue weighted by Crippen LogP contribution is -2.67. The van der Waals surface area contributed by atoms with Crippen molar-refractivity contribution in [1.29, 1.82) is 0 Å². The van der Waals surface area contributed by atoms with E-state index >= 15 is 0 Å². The number of halogens is 3. The molecule has 1 amide bonds. The third-order valence-electron chi connectivity index (χ3n) is 8.90. The molecule has 4 heterocycles. The van der Waals surface area contributed by atoms with Crippen molar-refractivity contribution in [2.75, 3.05) is 53.0 Å². The second kappa shape index (κ2) is 15.2. The summed E-state index contributed by atoms with van der Waals surface area (Å²) in [4.78, 5) is 32.8. The standard InChI is InChI=1S/C36H39F3N6O4/c1-3-48-35-41-32(47-2)29(33(42-35)49-24-36(37,38)39)22-43-20-28-21-44(34(46)27-15-10-16-40-19-27)17-18-45(28)30(23-43)31(25-11-6-4-7-12-25)26-13-8-5-9-14-26/h4-16,19,28,30-31H,3,17-18,20-24H2,1-2H3/t28-,30+/m1/s1. The van der Waals surface area contributed by atoms with Crippen LogP contribution in [0.4, 0.5) is 13.2 Å². The van der Waals surface area contributed by atoms with E-state index in [1.807, 2.05) is 41.3 Å². The average molecular weight is 677 g/mol.